The molecule has 1 aliphatic rings. The van der Waals surface area contributed by atoms with Crippen LogP contribution in [0.1, 0.15) is 26.7 Å². The second-order valence-electron chi connectivity index (χ2n) is 3.86. The molecule has 0 aliphatic carbocycles. The highest BCUT2D eigenvalue weighted by Crippen LogP contribution is 2.30. The molecule has 1 amide bonds. The van der Waals surface area contributed by atoms with E-state index >= 15 is 0 Å². The van der Waals surface area contributed by atoms with Gasteiger partial charge in [-0.25, -0.2) is 0 Å². The summed E-state index contributed by atoms with van der Waals surface area (Å²) in [4.78, 5) is 22.3. The van der Waals surface area contributed by atoms with E-state index in [1.54, 1.807) is 6.92 Å². The van der Waals surface area contributed by atoms with Crippen molar-refractivity contribution in [3.63, 3.8) is 0 Å². The largest absolute Gasteiger partial charge is 0.381 e. The van der Waals surface area contributed by atoms with Crippen molar-refractivity contribution in [2.45, 2.75) is 26.7 Å². The lowest BCUT2D eigenvalue weighted by atomic mass is 9.77. The molecule has 1 saturated heterocycles. The molecule has 1 fully saturated rings. The van der Waals surface area contributed by atoms with Crippen LogP contribution in [0.25, 0.3) is 0 Å². The molecular formula is C10H17NO3. The zero-order valence-electron chi connectivity index (χ0n) is 8.76. The fourth-order valence-corrected chi connectivity index (χ4v) is 1.71. The van der Waals surface area contributed by atoms with Crippen LogP contribution in [-0.2, 0) is 14.3 Å². The number of nitrogens with one attached hydrogen (secondary N) is 1. The number of Topliss-reactive ketones (excluding diaryl/α,β-unsaturated/α-hetero) is 1. The molecule has 0 saturated carbocycles. The summed E-state index contributed by atoms with van der Waals surface area (Å²) in [6, 6.07) is 0. The van der Waals surface area contributed by atoms with Gasteiger partial charge in [-0.05, 0) is 19.8 Å². The third-order valence-electron chi connectivity index (χ3n) is 2.87. The molecule has 1 N–H and O–H groups in total. The van der Waals surface area contributed by atoms with Crippen molar-refractivity contribution in [3.05, 3.63) is 0 Å². The molecule has 0 aromatic carbocycles. The SMILES string of the molecule is CC(=O)NCC1(C(C)=O)CCOCC1. The topological polar surface area (TPSA) is 55.4 Å². The van der Waals surface area contributed by atoms with E-state index in [4.69, 9.17) is 4.74 Å². The van der Waals surface area contributed by atoms with Crippen LogP contribution in [0.15, 0.2) is 0 Å². The van der Waals surface area contributed by atoms with E-state index in [2.05, 4.69) is 5.32 Å². The van der Waals surface area contributed by atoms with Gasteiger partial charge in [-0.15, -0.1) is 0 Å². The first-order valence-electron chi connectivity index (χ1n) is 4.90. The number of ether oxygens (including phenoxy) is 1. The summed E-state index contributed by atoms with van der Waals surface area (Å²) in [5, 5.41) is 2.72. The molecule has 1 rings (SSSR count). The zero-order valence-corrected chi connectivity index (χ0v) is 8.76. The smallest absolute Gasteiger partial charge is 0.216 e. The molecule has 80 valence electrons. The van der Waals surface area contributed by atoms with Gasteiger partial charge in [0.2, 0.25) is 5.91 Å². The second-order valence-corrected chi connectivity index (χ2v) is 3.86. The van der Waals surface area contributed by atoms with Gasteiger partial charge in [0.15, 0.2) is 0 Å². The third kappa shape index (κ3) is 2.54. The summed E-state index contributed by atoms with van der Waals surface area (Å²) in [6.45, 7) is 4.72. The van der Waals surface area contributed by atoms with Gasteiger partial charge in [-0.2, -0.15) is 0 Å². The van der Waals surface area contributed by atoms with E-state index in [1.165, 1.54) is 6.92 Å². The molecule has 14 heavy (non-hydrogen) atoms. The van der Waals surface area contributed by atoms with Gasteiger partial charge in [-0.3, -0.25) is 9.59 Å². The maximum atomic E-state index is 11.5. The van der Waals surface area contributed by atoms with Crippen LogP contribution in [0.2, 0.25) is 0 Å². The highest BCUT2D eigenvalue weighted by molar-refractivity contribution is 5.83. The van der Waals surface area contributed by atoms with Crippen LogP contribution in [0.4, 0.5) is 0 Å². The number of rotatable bonds is 3. The molecule has 4 nitrogen and oxygen atoms in total. The fraction of sp³-hybridized carbons (Fsp3) is 0.800. The summed E-state index contributed by atoms with van der Waals surface area (Å²) in [7, 11) is 0. The van der Waals surface area contributed by atoms with Crippen molar-refractivity contribution >= 4 is 11.7 Å². The number of hydrogen-bond donors (Lipinski definition) is 1. The lowest BCUT2D eigenvalue weighted by Gasteiger charge is -2.34. The minimum absolute atomic E-state index is 0.0860. The zero-order chi connectivity index (χ0) is 10.6. The predicted molar refractivity (Wildman–Crippen MR) is 51.9 cm³/mol. The predicted octanol–water partition coefficient (Wildman–Crippen LogP) is 0.508. The van der Waals surface area contributed by atoms with E-state index in [-0.39, 0.29) is 17.1 Å². The lowest BCUT2D eigenvalue weighted by Crippen LogP contribution is -2.45. The Labute approximate surface area is 84.0 Å². The van der Waals surface area contributed by atoms with Gasteiger partial charge < -0.3 is 10.1 Å². The molecule has 4 heteroatoms. The van der Waals surface area contributed by atoms with E-state index < -0.39 is 0 Å². The minimum Gasteiger partial charge on any atom is -0.381 e. The average molecular weight is 199 g/mol. The van der Waals surface area contributed by atoms with E-state index in [0.29, 0.717) is 32.6 Å². The second kappa shape index (κ2) is 4.55. The van der Waals surface area contributed by atoms with Crippen LogP contribution in [-0.4, -0.2) is 31.4 Å². The van der Waals surface area contributed by atoms with Gasteiger partial charge in [0.1, 0.15) is 5.78 Å². The molecule has 0 unspecified atom stereocenters. The van der Waals surface area contributed by atoms with Crippen LogP contribution in [0.5, 0.6) is 0 Å². The van der Waals surface area contributed by atoms with Crippen molar-refractivity contribution in [2.75, 3.05) is 19.8 Å². The Bertz CT molecular complexity index is 232. The third-order valence-corrected chi connectivity index (χ3v) is 2.87. The Hall–Kier alpha value is -0.900. The standard InChI is InChI=1S/C10H17NO3/c1-8(12)10(7-11-9(2)13)3-5-14-6-4-10/h3-7H2,1-2H3,(H,11,13). The Morgan fingerprint density at radius 1 is 1.29 bits per heavy atom. The van der Waals surface area contributed by atoms with Crippen molar-refractivity contribution < 1.29 is 14.3 Å². The summed E-state index contributed by atoms with van der Waals surface area (Å²) >= 11 is 0. The molecule has 0 spiro atoms. The molecule has 0 atom stereocenters. The Morgan fingerprint density at radius 3 is 2.29 bits per heavy atom. The molecule has 1 aliphatic heterocycles. The molecule has 0 bridgehead atoms. The maximum absolute atomic E-state index is 11.5. The summed E-state index contributed by atoms with van der Waals surface area (Å²) < 4.78 is 5.22. The fourth-order valence-electron chi connectivity index (χ4n) is 1.71. The van der Waals surface area contributed by atoms with E-state index in [0.717, 1.165) is 0 Å². The van der Waals surface area contributed by atoms with Gasteiger partial charge in [0, 0.05) is 26.7 Å². The molecule has 0 aromatic heterocycles. The normalized spacial score (nSPS) is 20.1. The maximum Gasteiger partial charge on any atom is 0.216 e. The quantitative estimate of drug-likeness (QED) is 0.720. The first-order chi connectivity index (χ1) is 6.57. The van der Waals surface area contributed by atoms with Gasteiger partial charge in [-0.1, -0.05) is 0 Å². The summed E-state index contributed by atoms with van der Waals surface area (Å²) in [5.74, 6) is 0.0617. The van der Waals surface area contributed by atoms with Gasteiger partial charge in [0.25, 0.3) is 0 Å². The monoisotopic (exact) mass is 199 g/mol. The molecule has 1 heterocycles. The van der Waals surface area contributed by atoms with Crippen LogP contribution >= 0.6 is 0 Å². The van der Waals surface area contributed by atoms with Gasteiger partial charge >= 0.3 is 0 Å². The van der Waals surface area contributed by atoms with Gasteiger partial charge in [0.05, 0.1) is 5.41 Å². The van der Waals surface area contributed by atoms with Crippen LogP contribution in [0.3, 0.4) is 0 Å². The average Bonchev–Trinajstić information content (AvgIpc) is 2.16. The molecule has 0 aromatic rings. The van der Waals surface area contributed by atoms with E-state index in [1.807, 2.05) is 0 Å². The van der Waals surface area contributed by atoms with Crippen LogP contribution < -0.4 is 5.32 Å². The molecular weight excluding hydrogens is 182 g/mol. The first-order valence-corrected chi connectivity index (χ1v) is 4.90. The first kappa shape index (κ1) is 11.2. The number of amides is 1. The number of ketones is 1. The molecule has 0 radical (unpaired) electrons. The lowest BCUT2D eigenvalue weighted by molar-refractivity contribution is -0.132. The summed E-state index contributed by atoms with van der Waals surface area (Å²) in [6.07, 6.45) is 1.42. The Balaban J connectivity index is 2.60. The van der Waals surface area contributed by atoms with Crippen LogP contribution in [0, 0.1) is 5.41 Å². The van der Waals surface area contributed by atoms with Crippen molar-refractivity contribution in [1.29, 1.82) is 0 Å². The van der Waals surface area contributed by atoms with Crippen molar-refractivity contribution in [2.24, 2.45) is 5.41 Å². The van der Waals surface area contributed by atoms with E-state index in [9.17, 15) is 9.59 Å². The van der Waals surface area contributed by atoms with Crippen molar-refractivity contribution in [1.82, 2.24) is 5.32 Å². The highest BCUT2D eigenvalue weighted by atomic mass is 16.5. The van der Waals surface area contributed by atoms with Crippen molar-refractivity contribution in [3.8, 4) is 0 Å². The minimum atomic E-state index is -0.385. The number of carbonyl (C=O) groups excluding carboxylic acids is 2. The number of hydrogen-bond acceptors (Lipinski definition) is 3. The Kier molecular flexibility index (Phi) is 3.63. The highest BCUT2D eigenvalue weighted by Gasteiger charge is 2.37. The summed E-state index contributed by atoms with van der Waals surface area (Å²) in [5.41, 5.74) is -0.385. The number of carbonyl (C=O) groups is 2. The Morgan fingerprint density at radius 2 is 1.86 bits per heavy atom.